The molecule has 1 aliphatic carbocycles. The van der Waals surface area contributed by atoms with E-state index < -0.39 is 0 Å². The number of hydrogen-bond acceptors (Lipinski definition) is 1. The molecule has 2 heterocycles. The third kappa shape index (κ3) is 2.82. The lowest BCUT2D eigenvalue weighted by Gasteiger charge is -2.41. The van der Waals surface area contributed by atoms with Gasteiger partial charge in [-0.05, 0) is 46.0 Å². The van der Waals surface area contributed by atoms with Gasteiger partial charge in [0.05, 0.1) is 5.71 Å². The molecule has 1 aliphatic heterocycles. The molecule has 0 saturated carbocycles. The molecule has 0 bridgehead atoms. The van der Waals surface area contributed by atoms with Crippen LogP contribution in [0.2, 0.25) is 0 Å². The molecule has 1 unspecified atom stereocenters. The zero-order valence-electron chi connectivity index (χ0n) is 21.4. The van der Waals surface area contributed by atoms with Gasteiger partial charge in [-0.3, -0.25) is 4.99 Å². The summed E-state index contributed by atoms with van der Waals surface area (Å²) in [5.41, 5.74) is 11.7. The van der Waals surface area contributed by atoms with Gasteiger partial charge in [0.1, 0.15) is 0 Å². The molecule has 0 amide bonds. The largest absolute Gasteiger partial charge is 0.658 e. The predicted molar refractivity (Wildman–Crippen MR) is 158 cm³/mol. The van der Waals surface area contributed by atoms with Crippen LogP contribution in [0, 0.1) is 0 Å². The third-order valence-corrected chi connectivity index (χ3v) is 8.36. The number of nitrogens with zero attached hydrogens (tertiary/aromatic N) is 3. The van der Waals surface area contributed by atoms with Crippen LogP contribution in [0.1, 0.15) is 36.7 Å². The summed E-state index contributed by atoms with van der Waals surface area (Å²) in [5, 5.41) is 7.91. The second-order valence-electron chi connectivity index (χ2n) is 10.8. The molecule has 0 radical (unpaired) electrons. The molecular formula is C35H26N3-. The fraction of sp³-hybridized carbons (Fsp3) is 0.114. The number of rotatable bonds is 2. The maximum absolute atomic E-state index is 5.34. The van der Waals surface area contributed by atoms with Gasteiger partial charge in [-0.25, -0.2) is 0 Å². The van der Waals surface area contributed by atoms with E-state index in [4.69, 9.17) is 10.3 Å². The van der Waals surface area contributed by atoms with E-state index in [-0.39, 0.29) is 11.6 Å². The Morgan fingerprint density at radius 1 is 0.684 bits per heavy atom. The molecule has 2 aliphatic rings. The van der Waals surface area contributed by atoms with E-state index in [2.05, 4.69) is 122 Å². The van der Waals surface area contributed by atoms with Crippen LogP contribution in [0.25, 0.3) is 38.2 Å². The van der Waals surface area contributed by atoms with Crippen LogP contribution in [-0.4, -0.2) is 10.3 Å². The summed E-state index contributed by atoms with van der Waals surface area (Å²) >= 11 is 0. The number of benzene rings is 5. The standard InChI is InChI=1S/C35H26N3/c1-35(2)25-16-8-6-14-23(25)31-26(35)20-21-30-32(31)24-15-7-11-19-29(24)38(30)34-33(22-12-4-3-5-13-22)36-27-17-9-10-18-28(27)37-34/h3-21,34H,1-2H3/q-1. The van der Waals surface area contributed by atoms with Crippen LogP contribution in [0.5, 0.6) is 0 Å². The maximum atomic E-state index is 5.34. The van der Waals surface area contributed by atoms with Crippen molar-refractivity contribution in [1.29, 1.82) is 0 Å². The van der Waals surface area contributed by atoms with Crippen molar-refractivity contribution in [1.82, 2.24) is 4.57 Å². The lowest BCUT2D eigenvalue weighted by Crippen LogP contribution is -2.21. The Kier molecular flexibility index (Phi) is 4.34. The molecule has 3 nitrogen and oxygen atoms in total. The molecular weight excluding hydrogens is 462 g/mol. The van der Waals surface area contributed by atoms with Crippen LogP contribution in [0.3, 0.4) is 0 Å². The van der Waals surface area contributed by atoms with Gasteiger partial charge in [0, 0.05) is 39.1 Å². The van der Waals surface area contributed by atoms with Crippen LogP contribution in [0.15, 0.2) is 120 Å². The number of aliphatic imine (C=N–C) groups is 1. The van der Waals surface area contributed by atoms with Crippen molar-refractivity contribution in [2.75, 3.05) is 0 Å². The smallest absolute Gasteiger partial charge is 0.0534 e. The number of hydrogen-bond donors (Lipinski definition) is 0. The average Bonchev–Trinajstić information content (AvgIpc) is 3.42. The molecule has 8 rings (SSSR count). The molecule has 38 heavy (non-hydrogen) atoms. The molecule has 0 N–H and O–H groups in total. The first-order valence-electron chi connectivity index (χ1n) is 13.2. The molecule has 6 aromatic rings. The van der Waals surface area contributed by atoms with Gasteiger partial charge in [0.2, 0.25) is 0 Å². The number of para-hydroxylation sites is 3. The van der Waals surface area contributed by atoms with E-state index in [1.807, 2.05) is 12.1 Å². The highest BCUT2D eigenvalue weighted by Gasteiger charge is 2.37. The lowest BCUT2D eigenvalue weighted by atomic mass is 9.82. The predicted octanol–water partition coefficient (Wildman–Crippen LogP) is 9.44. The van der Waals surface area contributed by atoms with Crippen molar-refractivity contribution in [2.45, 2.75) is 25.4 Å². The minimum Gasteiger partial charge on any atom is -0.658 e. The second kappa shape index (κ2) is 7.69. The highest BCUT2D eigenvalue weighted by molar-refractivity contribution is 6.19. The Bertz CT molecular complexity index is 1920. The van der Waals surface area contributed by atoms with Gasteiger partial charge in [0.15, 0.2) is 0 Å². The second-order valence-corrected chi connectivity index (χ2v) is 10.8. The van der Waals surface area contributed by atoms with E-state index in [9.17, 15) is 0 Å². The fourth-order valence-electron chi connectivity index (χ4n) is 6.60. The molecule has 0 fully saturated rings. The highest BCUT2D eigenvalue weighted by atomic mass is 15.2. The molecule has 5 aromatic carbocycles. The molecule has 1 aromatic heterocycles. The van der Waals surface area contributed by atoms with Crippen molar-refractivity contribution >= 4 is 38.9 Å². The molecule has 0 saturated heterocycles. The van der Waals surface area contributed by atoms with Crippen LogP contribution < -0.4 is 0 Å². The first-order chi connectivity index (χ1) is 18.6. The SMILES string of the molecule is CC1(C)c2ccccc2-c2c1ccc1c2c2ccccc2n1C1[N-]c2ccccc2N=C1c1ccccc1. The number of aromatic nitrogens is 1. The summed E-state index contributed by atoms with van der Waals surface area (Å²) < 4.78 is 2.40. The Balaban J connectivity index is 1.47. The average molecular weight is 489 g/mol. The topological polar surface area (TPSA) is 31.4 Å². The zero-order valence-corrected chi connectivity index (χ0v) is 21.4. The third-order valence-electron chi connectivity index (χ3n) is 8.36. The van der Waals surface area contributed by atoms with Gasteiger partial charge in [0.25, 0.3) is 0 Å². The Morgan fingerprint density at radius 3 is 2.32 bits per heavy atom. The summed E-state index contributed by atoms with van der Waals surface area (Å²) in [5.74, 6) is 0. The van der Waals surface area contributed by atoms with E-state index in [0.717, 1.165) is 22.6 Å². The Hall–Kier alpha value is -4.63. The summed E-state index contributed by atoms with van der Waals surface area (Å²) in [6.07, 6.45) is -0.280. The van der Waals surface area contributed by atoms with Crippen LogP contribution in [-0.2, 0) is 5.41 Å². The first kappa shape index (κ1) is 21.5. The molecule has 182 valence electrons. The van der Waals surface area contributed by atoms with E-state index >= 15 is 0 Å². The minimum absolute atomic E-state index is 0.0475. The van der Waals surface area contributed by atoms with Crippen LogP contribution in [0.4, 0.5) is 11.4 Å². The van der Waals surface area contributed by atoms with Crippen molar-refractivity contribution in [3.63, 3.8) is 0 Å². The first-order valence-corrected chi connectivity index (χ1v) is 13.2. The Labute approximate surface area is 222 Å². The Morgan fingerprint density at radius 2 is 1.42 bits per heavy atom. The van der Waals surface area contributed by atoms with Gasteiger partial charge in [-0.1, -0.05) is 111 Å². The lowest BCUT2D eigenvalue weighted by molar-refractivity contribution is 0.660. The van der Waals surface area contributed by atoms with Crippen molar-refractivity contribution < 1.29 is 0 Å². The number of fused-ring (bicyclic) bond motifs is 8. The van der Waals surface area contributed by atoms with Gasteiger partial charge in [-0.2, -0.15) is 0 Å². The van der Waals surface area contributed by atoms with Crippen molar-refractivity contribution in [3.8, 4) is 11.1 Å². The van der Waals surface area contributed by atoms with E-state index in [1.54, 1.807) is 0 Å². The quantitative estimate of drug-likeness (QED) is 0.232. The maximum Gasteiger partial charge on any atom is 0.0534 e. The highest BCUT2D eigenvalue weighted by Crippen LogP contribution is 2.54. The van der Waals surface area contributed by atoms with Crippen molar-refractivity contribution in [3.05, 3.63) is 137 Å². The molecule has 1 atom stereocenters. The summed E-state index contributed by atoms with van der Waals surface area (Å²) in [6.45, 7) is 4.69. The van der Waals surface area contributed by atoms with E-state index in [0.29, 0.717) is 0 Å². The molecule has 3 heteroatoms. The van der Waals surface area contributed by atoms with E-state index in [1.165, 1.54) is 44.1 Å². The van der Waals surface area contributed by atoms with Gasteiger partial charge < -0.3 is 9.88 Å². The normalized spacial score (nSPS) is 17.0. The summed E-state index contributed by atoms with van der Waals surface area (Å²) in [4.78, 5) is 5.20. The van der Waals surface area contributed by atoms with Gasteiger partial charge in [-0.15, -0.1) is 5.69 Å². The zero-order chi connectivity index (χ0) is 25.4. The van der Waals surface area contributed by atoms with Gasteiger partial charge >= 0.3 is 0 Å². The summed E-state index contributed by atoms with van der Waals surface area (Å²) in [7, 11) is 0. The minimum atomic E-state index is -0.280. The monoisotopic (exact) mass is 488 g/mol. The van der Waals surface area contributed by atoms with Crippen molar-refractivity contribution in [2.24, 2.45) is 4.99 Å². The summed E-state index contributed by atoms with van der Waals surface area (Å²) in [6, 6.07) is 41.0. The fourth-order valence-corrected chi connectivity index (χ4v) is 6.60. The van der Waals surface area contributed by atoms with Crippen LogP contribution >= 0.6 is 0 Å². The molecule has 0 spiro atoms.